The Bertz CT molecular complexity index is 131. The molecule has 0 aliphatic heterocycles. The minimum atomic E-state index is 0.862. The van der Waals surface area contributed by atoms with Gasteiger partial charge in [0.25, 0.3) is 0 Å². The maximum atomic E-state index is 2.46. The summed E-state index contributed by atoms with van der Waals surface area (Å²) in [5.74, 6) is 1.81. The normalized spacial score (nSPS) is 13.8. The van der Waals surface area contributed by atoms with Crippen molar-refractivity contribution in [1.82, 2.24) is 4.90 Å². The molecule has 1 unspecified atom stereocenters. The smallest absolute Gasteiger partial charge is 0.00217 e. The zero-order chi connectivity index (χ0) is 11.7. The molecule has 0 aromatic heterocycles. The van der Waals surface area contributed by atoms with Gasteiger partial charge in [-0.1, -0.05) is 40.5 Å². The van der Waals surface area contributed by atoms with Crippen LogP contribution in [0.4, 0.5) is 0 Å². The van der Waals surface area contributed by atoms with E-state index < -0.39 is 0 Å². The van der Waals surface area contributed by atoms with Gasteiger partial charge >= 0.3 is 0 Å². The Kier molecular flexibility index (Phi) is 9.18. The lowest BCUT2D eigenvalue weighted by molar-refractivity contribution is 0.279. The lowest BCUT2D eigenvalue weighted by atomic mass is 9.87. The van der Waals surface area contributed by atoms with Gasteiger partial charge in [0, 0.05) is 0 Å². The highest BCUT2D eigenvalue weighted by molar-refractivity contribution is 4.64. The van der Waals surface area contributed by atoms with Gasteiger partial charge in [0.05, 0.1) is 0 Å². The van der Waals surface area contributed by atoms with Crippen molar-refractivity contribution in [1.29, 1.82) is 0 Å². The van der Waals surface area contributed by atoms with Crippen LogP contribution in [0.2, 0.25) is 0 Å². The fourth-order valence-corrected chi connectivity index (χ4v) is 2.30. The molecule has 1 heteroatoms. The summed E-state index contributed by atoms with van der Waals surface area (Å²) in [7, 11) is 2.24. The van der Waals surface area contributed by atoms with Gasteiger partial charge in [-0.05, 0) is 51.2 Å². The standard InChI is InChI=1S/C14H31N/c1-6-9-14(13(3)4)10-8-12-15(5)11-7-2/h13-14H,6-12H2,1-5H3. The first-order valence-electron chi connectivity index (χ1n) is 6.80. The molecule has 0 fully saturated rings. The fraction of sp³-hybridized carbons (Fsp3) is 1.00. The van der Waals surface area contributed by atoms with Gasteiger partial charge in [-0.15, -0.1) is 0 Å². The van der Waals surface area contributed by atoms with E-state index >= 15 is 0 Å². The molecule has 0 saturated heterocycles. The van der Waals surface area contributed by atoms with E-state index in [-0.39, 0.29) is 0 Å². The van der Waals surface area contributed by atoms with E-state index in [0.717, 1.165) is 11.8 Å². The summed E-state index contributed by atoms with van der Waals surface area (Å²) in [6, 6.07) is 0. The highest BCUT2D eigenvalue weighted by Crippen LogP contribution is 2.22. The molecule has 0 aromatic carbocycles. The summed E-state index contributed by atoms with van der Waals surface area (Å²) in [5.41, 5.74) is 0. The van der Waals surface area contributed by atoms with Crippen LogP contribution in [0.3, 0.4) is 0 Å². The van der Waals surface area contributed by atoms with Crippen LogP contribution in [0.5, 0.6) is 0 Å². The number of nitrogens with zero attached hydrogens (tertiary/aromatic N) is 1. The molecule has 92 valence electrons. The first-order valence-corrected chi connectivity index (χ1v) is 6.80. The Balaban J connectivity index is 3.61. The lowest BCUT2D eigenvalue weighted by Gasteiger charge is -2.22. The van der Waals surface area contributed by atoms with E-state index in [4.69, 9.17) is 0 Å². The summed E-state index contributed by atoms with van der Waals surface area (Å²) in [4.78, 5) is 2.46. The molecule has 0 saturated carbocycles. The first-order chi connectivity index (χ1) is 7.11. The van der Waals surface area contributed by atoms with Crippen molar-refractivity contribution >= 4 is 0 Å². The zero-order valence-corrected chi connectivity index (χ0v) is 11.6. The van der Waals surface area contributed by atoms with Crippen molar-refractivity contribution in [2.45, 2.75) is 59.8 Å². The van der Waals surface area contributed by atoms with Gasteiger partial charge in [0.2, 0.25) is 0 Å². The van der Waals surface area contributed by atoms with Crippen molar-refractivity contribution in [3.05, 3.63) is 0 Å². The third kappa shape index (κ3) is 7.84. The second kappa shape index (κ2) is 9.21. The van der Waals surface area contributed by atoms with Crippen LogP contribution in [0.15, 0.2) is 0 Å². The maximum absolute atomic E-state index is 2.46. The Labute approximate surface area is 97.2 Å². The first kappa shape index (κ1) is 15.0. The van der Waals surface area contributed by atoms with Crippen LogP contribution < -0.4 is 0 Å². The maximum Gasteiger partial charge on any atom is -0.00217 e. The van der Waals surface area contributed by atoms with Crippen LogP contribution >= 0.6 is 0 Å². The van der Waals surface area contributed by atoms with E-state index in [2.05, 4.69) is 39.6 Å². The molecule has 0 N–H and O–H groups in total. The molecule has 1 nitrogen and oxygen atoms in total. The van der Waals surface area contributed by atoms with E-state index in [0.29, 0.717) is 0 Å². The van der Waals surface area contributed by atoms with E-state index in [9.17, 15) is 0 Å². The highest BCUT2D eigenvalue weighted by atomic mass is 15.1. The van der Waals surface area contributed by atoms with E-state index in [1.54, 1.807) is 0 Å². The topological polar surface area (TPSA) is 3.24 Å². The zero-order valence-electron chi connectivity index (χ0n) is 11.6. The van der Waals surface area contributed by atoms with Gasteiger partial charge in [-0.3, -0.25) is 0 Å². The van der Waals surface area contributed by atoms with Gasteiger partial charge in [-0.2, -0.15) is 0 Å². The SMILES string of the molecule is CCCC(CCCN(C)CCC)C(C)C. The van der Waals surface area contributed by atoms with Crippen molar-refractivity contribution in [3.8, 4) is 0 Å². The second-order valence-corrected chi connectivity index (χ2v) is 5.24. The number of hydrogen-bond donors (Lipinski definition) is 0. The summed E-state index contributed by atoms with van der Waals surface area (Å²) >= 11 is 0. The van der Waals surface area contributed by atoms with E-state index in [1.165, 1.54) is 45.2 Å². The summed E-state index contributed by atoms with van der Waals surface area (Å²) < 4.78 is 0. The van der Waals surface area contributed by atoms with Gasteiger partial charge in [0.15, 0.2) is 0 Å². The average Bonchev–Trinajstić information content (AvgIpc) is 2.16. The Morgan fingerprint density at radius 3 is 2.07 bits per heavy atom. The highest BCUT2D eigenvalue weighted by Gasteiger charge is 2.11. The fourth-order valence-electron chi connectivity index (χ4n) is 2.30. The third-order valence-corrected chi connectivity index (χ3v) is 3.32. The largest absolute Gasteiger partial charge is 0.306 e. The molecule has 0 heterocycles. The van der Waals surface area contributed by atoms with Crippen LogP contribution in [0.1, 0.15) is 59.8 Å². The van der Waals surface area contributed by atoms with Gasteiger partial charge in [0.1, 0.15) is 0 Å². The molecule has 0 aromatic rings. The quantitative estimate of drug-likeness (QED) is 0.555. The number of rotatable bonds is 9. The molecule has 0 aliphatic carbocycles. The van der Waals surface area contributed by atoms with Crippen molar-refractivity contribution in [2.75, 3.05) is 20.1 Å². The molecule has 1 atom stereocenters. The molecule has 15 heavy (non-hydrogen) atoms. The molecular weight excluding hydrogens is 182 g/mol. The summed E-state index contributed by atoms with van der Waals surface area (Å²) in [5, 5.41) is 0. The minimum absolute atomic E-state index is 0.862. The van der Waals surface area contributed by atoms with Crippen molar-refractivity contribution < 1.29 is 0 Å². The van der Waals surface area contributed by atoms with Crippen molar-refractivity contribution in [2.24, 2.45) is 11.8 Å². The molecule has 0 aliphatic rings. The van der Waals surface area contributed by atoms with Crippen LogP contribution in [0.25, 0.3) is 0 Å². The predicted octanol–water partition coefficient (Wildman–Crippen LogP) is 4.18. The molecule has 0 amide bonds. The van der Waals surface area contributed by atoms with Crippen LogP contribution in [-0.4, -0.2) is 25.0 Å². The van der Waals surface area contributed by atoms with Crippen LogP contribution in [0, 0.1) is 11.8 Å². The summed E-state index contributed by atoms with van der Waals surface area (Å²) in [6.07, 6.45) is 6.82. The van der Waals surface area contributed by atoms with Crippen LogP contribution in [-0.2, 0) is 0 Å². The Morgan fingerprint density at radius 1 is 0.933 bits per heavy atom. The third-order valence-electron chi connectivity index (χ3n) is 3.32. The average molecular weight is 213 g/mol. The molecule has 0 radical (unpaired) electrons. The van der Waals surface area contributed by atoms with E-state index in [1.807, 2.05) is 0 Å². The van der Waals surface area contributed by atoms with Gasteiger partial charge in [-0.25, -0.2) is 0 Å². The minimum Gasteiger partial charge on any atom is -0.306 e. The molecular formula is C14H31N. The number of hydrogen-bond acceptors (Lipinski definition) is 1. The lowest BCUT2D eigenvalue weighted by Crippen LogP contribution is -2.21. The molecule has 0 rings (SSSR count). The van der Waals surface area contributed by atoms with Gasteiger partial charge < -0.3 is 4.90 Å². The second-order valence-electron chi connectivity index (χ2n) is 5.24. The molecule has 0 spiro atoms. The Morgan fingerprint density at radius 2 is 1.60 bits per heavy atom. The van der Waals surface area contributed by atoms with Crippen molar-refractivity contribution in [3.63, 3.8) is 0 Å². The predicted molar refractivity (Wildman–Crippen MR) is 70.3 cm³/mol. The molecule has 0 bridgehead atoms. The monoisotopic (exact) mass is 213 g/mol. The Hall–Kier alpha value is -0.0400. The summed E-state index contributed by atoms with van der Waals surface area (Å²) in [6.45, 7) is 11.8.